The zero-order chi connectivity index (χ0) is 21.4. The number of ether oxygens (including phenoxy) is 1. The van der Waals surface area contributed by atoms with Gasteiger partial charge in [0.1, 0.15) is 0 Å². The molecule has 0 saturated carbocycles. The van der Waals surface area contributed by atoms with Crippen LogP contribution in [0.25, 0.3) is 0 Å². The molecule has 156 valence electrons. The number of halogens is 3. The van der Waals surface area contributed by atoms with Gasteiger partial charge in [0, 0.05) is 24.9 Å². The van der Waals surface area contributed by atoms with E-state index in [9.17, 15) is 18.0 Å². The van der Waals surface area contributed by atoms with Crippen molar-refractivity contribution in [2.45, 2.75) is 31.7 Å². The molecule has 0 atom stereocenters. The van der Waals surface area contributed by atoms with Gasteiger partial charge in [0.15, 0.2) is 5.16 Å². The van der Waals surface area contributed by atoms with Crippen LogP contribution >= 0.6 is 11.8 Å². The normalized spacial score (nSPS) is 11.1. The van der Waals surface area contributed by atoms with E-state index in [4.69, 9.17) is 4.74 Å². The monoisotopic (exact) mass is 425 g/mol. The first kappa shape index (κ1) is 22.8. The second-order valence-corrected chi connectivity index (χ2v) is 7.10. The molecule has 29 heavy (non-hydrogen) atoms. The van der Waals surface area contributed by atoms with E-state index in [1.54, 1.807) is 7.11 Å². The van der Waals surface area contributed by atoms with Crippen LogP contribution in [0.3, 0.4) is 0 Å². The van der Waals surface area contributed by atoms with E-state index in [1.807, 2.05) is 18.4 Å². The summed E-state index contributed by atoms with van der Waals surface area (Å²) in [5.41, 5.74) is 1.42. The highest BCUT2D eigenvalue weighted by Gasteiger charge is 2.30. The third kappa shape index (κ3) is 6.84. The largest absolute Gasteiger partial charge is 0.416 e. The van der Waals surface area contributed by atoms with Crippen molar-refractivity contribution >= 4 is 17.7 Å². The van der Waals surface area contributed by atoms with Crippen molar-refractivity contribution in [1.29, 1.82) is 0 Å². The molecule has 0 saturated heterocycles. The Hall–Kier alpha value is -2.44. The lowest BCUT2D eigenvalue weighted by atomic mass is 10.1. The third-order valence-corrected chi connectivity index (χ3v) is 5.05. The second-order valence-electron chi connectivity index (χ2n) is 6.16. The predicted octanol–water partition coefficient (Wildman–Crippen LogP) is 3.43. The number of aromatic nitrogens is 2. The fourth-order valence-electron chi connectivity index (χ4n) is 2.42. The molecule has 0 aliphatic carbocycles. The first-order valence-electron chi connectivity index (χ1n) is 8.80. The SMILES string of the molecule is COCCn1c(SCC(=O)NCC#Cc2cccc(C(F)(F)F)c2)nc(C)c1C. The number of amides is 1. The summed E-state index contributed by atoms with van der Waals surface area (Å²) in [6.07, 6.45) is -4.41. The van der Waals surface area contributed by atoms with Crippen LogP contribution in [0.15, 0.2) is 29.4 Å². The summed E-state index contributed by atoms with van der Waals surface area (Å²) in [6, 6.07) is 4.77. The smallest absolute Gasteiger partial charge is 0.383 e. The molecular weight excluding hydrogens is 403 g/mol. The fraction of sp³-hybridized carbons (Fsp3) is 0.400. The van der Waals surface area contributed by atoms with E-state index in [-0.39, 0.29) is 23.8 Å². The van der Waals surface area contributed by atoms with Gasteiger partial charge in [0.05, 0.1) is 30.2 Å². The van der Waals surface area contributed by atoms with Crippen LogP contribution in [0.4, 0.5) is 13.2 Å². The zero-order valence-electron chi connectivity index (χ0n) is 16.4. The minimum atomic E-state index is -4.41. The number of carbonyl (C=O) groups excluding carboxylic acids is 1. The lowest BCUT2D eigenvalue weighted by molar-refractivity contribution is -0.137. The third-order valence-electron chi connectivity index (χ3n) is 4.07. The van der Waals surface area contributed by atoms with Crippen LogP contribution in [0, 0.1) is 25.7 Å². The Bertz CT molecular complexity index is 914. The molecule has 1 aromatic carbocycles. The van der Waals surface area contributed by atoms with Crippen molar-refractivity contribution in [2.24, 2.45) is 0 Å². The Morgan fingerprint density at radius 2 is 2.10 bits per heavy atom. The molecule has 1 heterocycles. The topological polar surface area (TPSA) is 56.1 Å². The van der Waals surface area contributed by atoms with Gasteiger partial charge >= 0.3 is 6.18 Å². The molecule has 2 aromatic rings. The number of aryl methyl sites for hydroxylation is 1. The number of imidazole rings is 1. The maximum absolute atomic E-state index is 12.7. The van der Waals surface area contributed by atoms with Crippen molar-refractivity contribution in [2.75, 3.05) is 26.0 Å². The van der Waals surface area contributed by atoms with Crippen LogP contribution in [-0.2, 0) is 22.3 Å². The molecule has 1 N–H and O–H groups in total. The van der Waals surface area contributed by atoms with Crippen LogP contribution in [-0.4, -0.2) is 41.5 Å². The molecule has 0 fully saturated rings. The van der Waals surface area contributed by atoms with Gasteiger partial charge in [-0.15, -0.1) is 0 Å². The lowest BCUT2D eigenvalue weighted by Crippen LogP contribution is -2.25. The summed E-state index contributed by atoms with van der Waals surface area (Å²) in [4.78, 5) is 16.5. The number of methoxy groups -OCH3 is 1. The summed E-state index contributed by atoms with van der Waals surface area (Å²) in [7, 11) is 1.62. The number of thioether (sulfide) groups is 1. The lowest BCUT2D eigenvalue weighted by Gasteiger charge is -2.09. The van der Waals surface area contributed by atoms with E-state index in [1.165, 1.54) is 23.9 Å². The van der Waals surface area contributed by atoms with Gasteiger partial charge in [0.25, 0.3) is 0 Å². The standard InChI is InChI=1S/C20H22F3N3O2S/c1-14-15(2)26(10-11-28-3)19(25-14)29-13-18(27)24-9-5-7-16-6-4-8-17(12-16)20(21,22)23/h4,6,8,12H,9-11,13H2,1-3H3,(H,24,27). The number of benzene rings is 1. The highest BCUT2D eigenvalue weighted by molar-refractivity contribution is 7.99. The maximum atomic E-state index is 12.7. The molecule has 1 aromatic heterocycles. The second kappa shape index (κ2) is 10.4. The molecule has 0 spiro atoms. The van der Waals surface area contributed by atoms with Crippen molar-refractivity contribution in [3.05, 3.63) is 46.8 Å². The molecule has 0 radical (unpaired) electrons. The molecule has 1 amide bonds. The van der Waals surface area contributed by atoms with Crippen LogP contribution in [0.5, 0.6) is 0 Å². The maximum Gasteiger partial charge on any atom is 0.416 e. The Labute approximate surface area is 172 Å². The van der Waals surface area contributed by atoms with Gasteiger partial charge in [-0.1, -0.05) is 29.7 Å². The molecular formula is C20H22F3N3O2S. The van der Waals surface area contributed by atoms with Crippen LogP contribution in [0.2, 0.25) is 0 Å². The number of rotatable bonds is 7. The van der Waals surface area contributed by atoms with Gasteiger partial charge < -0.3 is 14.6 Å². The minimum Gasteiger partial charge on any atom is -0.383 e. The Morgan fingerprint density at radius 1 is 1.34 bits per heavy atom. The molecule has 0 bridgehead atoms. The van der Waals surface area contributed by atoms with Crippen LogP contribution < -0.4 is 5.32 Å². The first-order chi connectivity index (χ1) is 13.7. The number of alkyl halides is 3. The quantitative estimate of drug-likeness (QED) is 0.546. The van der Waals surface area contributed by atoms with Crippen molar-refractivity contribution in [3.63, 3.8) is 0 Å². The average Bonchev–Trinajstić information content (AvgIpc) is 2.95. The van der Waals surface area contributed by atoms with E-state index < -0.39 is 11.7 Å². The molecule has 0 aliphatic heterocycles. The number of nitrogens with zero attached hydrogens (tertiary/aromatic N) is 2. The number of hydrogen-bond donors (Lipinski definition) is 1. The molecule has 0 aliphatic rings. The molecule has 2 rings (SSSR count). The number of nitrogens with one attached hydrogen (secondary N) is 1. The van der Waals surface area contributed by atoms with Gasteiger partial charge in [-0.2, -0.15) is 13.2 Å². The van der Waals surface area contributed by atoms with Crippen molar-refractivity contribution < 1.29 is 22.7 Å². The minimum absolute atomic E-state index is 0.0474. The number of hydrogen-bond acceptors (Lipinski definition) is 4. The average molecular weight is 425 g/mol. The van der Waals surface area contributed by atoms with Gasteiger partial charge in [-0.3, -0.25) is 4.79 Å². The van der Waals surface area contributed by atoms with Crippen molar-refractivity contribution in [3.8, 4) is 11.8 Å². The predicted molar refractivity (Wildman–Crippen MR) is 106 cm³/mol. The Balaban J connectivity index is 1.86. The van der Waals surface area contributed by atoms with Gasteiger partial charge in [0.2, 0.25) is 5.91 Å². The van der Waals surface area contributed by atoms with E-state index in [0.717, 1.165) is 28.7 Å². The molecule has 5 nitrogen and oxygen atoms in total. The highest BCUT2D eigenvalue weighted by atomic mass is 32.2. The van der Waals surface area contributed by atoms with Crippen molar-refractivity contribution in [1.82, 2.24) is 14.9 Å². The summed E-state index contributed by atoms with van der Waals surface area (Å²) in [6.45, 7) is 5.11. The summed E-state index contributed by atoms with van der Waals surface area (Å²) in [5, 5.41) is 3.37. The summed E-state index contributed by atoms with van der Waals surface area (Å²) < 4.78 is 45.2. The number of carbonyl (C=O) groups is 1. The summed E-state index contributed by atoms with van der Waals surface area (Å²) >= 11 is 1.31. The summed E-state index contributed by atoms with van der Waals surface area (Å²) in [5.74, 6) is 5.22. The molecule has 0 unspecified atom stereocenters. The van der Waals surface area contributed by atoms with Gasteiger partial charge in [-0.05, 0) is 32.0 Å². The van der Waals surface area contributed by atoms with Gasteiger partial charge in [-0.25, -0.2) is 4.98 Å². The van der Waals surface area contributed by atoms with E-state index in [2.05, 4.69) is 22.1 Å². The molecule has 9 heteroatoms. The Morgan fingerprint density at radius 3 is 2.79 bits per heavy atom. The van der Waals surface area contributed by atoms with E-state index >= 15 is 0 Å². The highest BCUT2D eigenvalue weighted by Crippen LogP contribution is 2.29. The van der Waals surface area contributed by atoms with Crippen LogP contribution in [0.1, 0.15) is 22.5 Å². The van der Waals surface area contributed by atoms with E-state index in [0.29, 0.717) is 13.2 Å². The Kier molecular flexibility index (Phi) is 8.17. The fourth-order valence-corrected chi connectivity index (χ4v) is 3.37. The first-order valence-corrected chi connectivity index (χ1v) is 9.79. The zero-order valence-corrected chi connectivity index (χ0v) is 17.2.